The lowest BCUT2D eigenvalue weighted by atomic mass is 10.0. The molecule has 0 bridgehead atoms. The van der Waals surface area contributed by atoms with E-state index < -0.39 is 27.4 Å². The van der Waals surface area contributed by atoms with Gasteiger partial charge >= 0.3 is 0 Å². The molecule has 0 radical (unpaired) electrons. The Morgan fingerprint density at radius 2 is 1.65 bits per heavy atom. The van der Waals surface area contributed by atoms with Crippen molar-refractivity contribution >= 4 is 27.3 Å². The Morgan fingerprint density at radius 1 is 1.03 bits per heavy atom. The van der Waals surface area contributed by atoms with Crippen molar-refractivity contribution in [3.05, 3.63) is 94.5 Å². The minimum absolute atomic E-state index is 0.00310. The number of ether oxygens (including phenoxy) is 1. The number of sulfonamides is 1. The smallest absolute Gasteiger partial charge is 0.269 e. The van der Waals surface area contributed by atoms with E-state index >= 15 is 0 Å². The molecule has 0 spiro atoms. The zero-order chi connectivity index (χ0) is 24.7. The van der Waals surface area contributed by atoms with Crippen molar-refractivity contribution in [1.82, 2.24) is 5.32 Å². The van der Waals surface area contributed by atoms with E-state index in [0.717, 1.165) is 9.87 Å². The number of carbonyl (C=O) groups is 1. The molecule has 3 aromatic carbocycles. The molecule has 178 valence electrons. The summed E-state index contributed by atoms with van der Waals surface area (Å²) >= 11 is 0. The lowest BCUT2D eigenvalue weighted by molar-refractivity contribution is -0.384. The van der Waals surface area contributed by atoms with Crippen LogP contribution >= 0.6 is 0 Å². The number of carbonyl (C=O) groups excluding carboxylic acids is 1. The number of rotatable bonds is 10. The summed E-state index contributed by atoms with van der Waals surface area (Å²) in [7, 11) is -2.55. The van der Waals surface area contributed by atoms with Gasteiger partial charge in [-0.05, 0) is 48.4 Å². The number of non-ortho nitro benzene ring substituents is 1. The first-order valence-electron chi connectivity index (χ1n) is 10.5. The third kappa shape index (κ3) is 5.70. The van der Waals surface area contributed by atoms with Gasteiger partial charge in [-0.2, -0.15) is 0 Å². The summed E-state index contributed by atoms with van der Waals surface area (Å²) in [5, 5.41) is 13.9. The van der Waals surface area contributed by atoms with E-state index in [-0.39, 0.29) is 22.3 Å². The number of benzene rings is 3. The summed E-state index contributed by atoms with van der Waals surface area (Å²) in [5.74, 6) is 0.170. The van der Waals surface area contributed by atoms with Gasteiger partial charge in [-0.1, -0.05) is 37.3 Å². The average molecular weight is 484 g/mol. The molecule has 0 aromatic heterocycles. The predicted octanol–water partition coefficient (Wildman–Crippen LogP) is 4.07. The predicted molar refractivity (Wildman–Crippen MR) is 128 cm³/mol. The molecule has 0 fully saturated rings. The molecule has 3 aromatic rings. The SMILES string of the molecule is CCC(NC(=O)CN(c1ccc([N+](=O)[O-])cc1)S(=O)(=O)c1ccccc1)c1ccc(OC)cc1. The van der Waals surface area contributed by atoms with Crippen LogP contribution in [0, 0.1) is 10.1 Å². The van der Waals surface area contributed by atoms with Crippen molar-refractivity contribution in [2.75, 3.05) is 18.0 Å². The van der Waals surface area contributed by atoms with Gasteiger partial charge < -0.3 is 10.1 Å². The average Bonchev–Trinajstić information content (AvgIpc) is 2.86. The van der Waals surface area contributed by atoms with Gasteiger partial charge in [-0.25, -0.2) is 8.42 Å². The van der Waals surface area contributed by atoms with Gasteiger partial charge in [-0.3, -0.25) is 19.2 Å². The standard InChI is InChI=1S/C24H25N3O6S/c1-3-23(18-9-15-21(33-2)16-10-18)25-24(28)17-26(19-11-13-20(14-12-19)27(29)30)34(31,32)22-7-5-4-6-8-22/h4-16,23H,3,17H2,1-2H3,(H,25,28). The van der Waals surface area contributed by atoms with Crippen LogP contribution in [0.5, 0.6) is 5.75 Å². The van der Waals surface area contributed by atoms with Crippen molar-refractivity contribution in [3.8, 4) is 5.75 Å². The highest BCUT2D eigenvalue weighted by Gasteiger charge is 2.28. The molecule has 0 heterocycles. The zero-order valence-corrected chi connectivity index (χ0v) is 19.6. The van der Waals surface area contributed by atoms with E-state index in [4.69, 9.17) is 4.74 Å². The molecule has 0 aliphatic heterocycles. The summed E-state index contributed by atoms with van der Waals surface area (Å²) in [6.07, 6.45) is 0.584. The van der Waals surface area contributed by atoms with E-state index in [1.807, 2.05) is 19.1 Å². The molecular weight excluding hydrogens is 458 g/mol. The third-order valence-corrected chi connectivity index (χ3v) is 7.02. The highest BCUT2D eigenvalue weighted by Crippen LogP contribution is 2.26. The Labute approximate surface area is 198 Å². The molecule has 1 unspecified atom stereocenters. The fraction of sp³-hybridized carbons (Fsp3) is 0.208. The number of hydrogen-bond donors (Lipinski definition) is 1. The van der Waals surface area contributed by atoms with E-state index in [9.17, 15) is 23.3 Å². The number of hydrogen-bond acceptors (Lipinski definition) is 6. The first-order chi connectivity index (χ1) is 16.3. The van der Waals surface area contributed by atoms with Gasteiger partial charge in [0.1, 0.15) is 12.3 Å². The molecule has 0 aliphatic carbocycles. The Morgan fingerprint density at radius 3 is 2.18 bits per heavy atom. The number of methoxy groups -OCH3 is 1. The third-order valence-electron chi connectivity index (χ3n) is 5.23. The number of nitrogens with zero attached hydrogens (tertiary/aromatic N) is 2. The van der Waals surface area contributed by atoms with Crippen molar-refractivity contribution in [3.63, 3.8) is 0 Å². The number of nitrogens with one attached hydrogen (secondary N) is 1. The first kappa shape index (κ1) is 24.7. The van der Waals surface area contributed by atoms with Gasteiger partial charge in [0.05, 0.1) is 28.7 Å². The van der Waals surface area contributed by atoms with Crippen LogP contribution in [0.25, 0.3) is 0 Å². The second-order valence-corrected chi connectivity index (χ2v) is 9.26. The Kier molecular flexibility index (Phi) is 7.85. The molecule has 0 aliphatic rings. The van der Waals surface area contributed by atoms with Crippen LogP contribution in [0.2, 0.25) is 0 Å². The highest BCUT2D eigenvalue weighted by molar-refractivity contribution is 7.92. The van der Waals surface area contributed by atoms with Crippen molar-refractivity contribution in [2.45, 2.75) is 24.3 Å². The molecular formula is C24H25N3O6S. The summed E-state index contributed by atoms with van der Waals surface area (Å²) in [4.78, 5) is 23.4. The van der Waals surface area contributed by atoms with E-state index in [0.29, 0.717) is 12.2 Å². The van der Waals surface area contributed by atoms with E-state index in [1.54, 1.807) is 37.4 Å². The maximum atomic E-state index is 13.4. The molecule has 1 amide bonds. The molecule has 1 N–H and O–H groups in total. The summed E-state index contributed by atoms with van der Waals surface area (Å²) in [6, 6.07) is 19.6. The fourth-order valence-electron chi connectivity index (χ4n) is 3.40. The Hall–Kier alpha value is -3.92. The number of nitro benzene ring substituents is 1. The van der Waals surface area contributed by atoms with Crippen LogP contribution in [-0.2, 0) is 14.8 Å². The van der Waals surface area contributed by atoms with Crippen LogP contribution < -0.4 is 14.4 Å². The Bertz CT molecular complexity index is 1230. The van der Waals surface area contributed by atoms with Gasteiger partial charge in [0, 0.05) is 12.1 Å². The number of anilines is 1. The van der Waals surface area contributed by atoms with Crippen molar-refractivity contribution in [1.29, 1.82) is 0 Å². The minimum atomic E-state index is -4.11. The maximum Gasteiger partial charge on any atom is 0.269 e. The largest absolute Gasteiger partial charge is 0.497 e. The number of amides is 1. The normalized spacial score (nSPS) is 11.9. The van der Waals surface area contributed by atoms with Gasteiger partial charge in [0.25, 0.3) is 15.7 Å². The van der Waals surface area contributed by atoms with Gasteiger partial charge in [0.15, 0.2) is 0 Å². The van der Waals surface area contributed by atoms with Crippen LogP contribution in [0.15, 0.2) is 83.8 Å². The van der Waals surface area contributed by atoms with Gasteiger partial charge in [0.2, 0.25) is 5.91 Å². The summed E-state index contributed by atoms with van der Waals surface area (Å²) < 4.78 is 32.9. The summed E-state index contributed by atoms with van der Waals surface area (Å²) in [6.45, 7) is 1.41. The summed E-state index contributed by atoms with van der Waals surface area (Å²) in [5.41, 5.74) is 0.808. The van der Waals surface area contributed by atoms with Crippen molar-refractivity contribution < 1.29 is 22.9 Å². The molecule has 34 heavy (non-hydrogen) atoms. The van der Waals surface area contributed by atoms with E-state index in [1.165, 1.54) is 36.4 Å². The van der Waals surface area contributed by atoms with Crippen LogP contribution in [0.1, 0.15) is 24.9 Å². The molecule has 10 heteroatoms. The molecule has 9 nitrogen and oxygen atoms in total. The molecule has 1 atom stereocenters. The highest BCUT2D eigenvalue weighted by atomic mass is 32.2. The first-order valence-corrected chi connectivity index (χ1v) is 12.0. The fourth-order valence-corrected chi connectivity index (χ4v) is 4.85. The van der Waals surface area contributed by atoms with Gasteiger partial charge in [-0.15, -0.1) is 0 Å². The zero-order valence-electron chi connectivity index (χ0n) is 18.7. The molecule has 0 saturated heterocycles. The number of nitro groups is 1. The van der Waals surface area contributed by atoms with E-state index in [2.05, 4.69) is 5.32 Å². The van der Waals surface area contributed by atoms with Crippen LogP contribution in [0.4, 0.5) is 11.4 Å². The van der Waals surface area contributed by atoms with Crippen LogP contribution in [-0.4, -0.2) is 32.9 Å². The minimum Gasteiger partial charge on any atom is -0.497 e. The quantitative estimate of drug-likeness (QED) is 0.343. The second kappa shape index (κ2) is 10.8. The second-order valence-electron chi connectivity index (χ2n) is 7.40. The lowest BCUT2D eigenvalue weighted by Crippen LogP contribution is -2.42. The van der Waals surface area contributed by atoms with Crippen LogP contribution in [0.3, 0.4) is 0 Å². The molecule has 3 rings (SSSR count). The lowest BCUT2D eigenvalue weighted by Gasteiger charge is -2.25. The molecule has 0 saturated carbocycles. The topological polar surface area (TPSA) is 119 Å². The monoisotopic (exact) mass is 483 g/mol. The Balaban J connectivity index is 1.89. The van der Waals surface area contributed by atoms with Crippen molar-refractivity contribution in [2.24, 2.45) is 0 Å². The maximum absolute atomic E-state index is 13.4.